The lowest BCUT2D eigenvalue weighted by Gasteiger charge is -2.09. The van der Waals surface area contributed by atoms with Crippen LogP contribution in [0.3, 0.4) is 0 Å². The van der Waals surface area contributed by atoms with E-state index >= 15 is 0 Å². The van der Waals surface area contributed by atoms with E-state index < -0.39 is 0 Å². The van der Waals surface area contributed by atoms with Crippen molar-refractivity contribution in [2.45, 2.75) is 32.1 Å². The number of carbonyl (C=O) groups is 1. The summed E-state index contributed by atoms with van der Waals surface area (Å²) in [6, 6.07) is 15.5. The predicted octanol–water partition coefficient (Wildman–Crippen LogP) is 4.34. The van der Waals surface area contributed by atoms with Crippen molar-refractivity contribution in [3.63, 3.8) is 0 Å². The van der Waals surface area contributed by atoms with Crippen LogP contribution in [0.15, 0.2) is 53.7 Å². The Kier molecular flexibility index (Phi) is 6.53. The zero-order chi connectivity index (χ0) is 19.2. The zero-order valence-corrected chi connectivity index (χ0v) is 16.8. The predicted molar refractivity (Wildman–Crippen MR) is 110 cm³/mol. The highest BCUT2D eigenvalue weighted by Crippen LogP contribution is 2.25. The van der Waals surface area contributed by atoms with Gasteiger partial charge in [-0.15, -0.1) is 10.2 Å². The van der Waals surface area contributed by atoms with Gasteiger partial charge >= 0.3 is 0 Å². The highest BCUT2D eigenvalue weighted by atomic mass is 35.5. The quantitative estimate of drug-likeness (QED) is 0.599. The van der Waals surface area contributed by atoms with Crippen LogP contribution in [0.25, 0.3) is 11.4 Å². The minimum absolute atomic E-state index is 0.0260. The maximum Gasteiger partial charge on any atom is 0.230 e. The molecule has 0 bridgehead atoms. The second kappa shape index (κ2) is 9.06. The molecular weight excluding hydrogens is 380 g/mol. The van der Waals surface area contributed by atoms with E-state index in [9.17, 15) is 4.79 Å². The second-order valence-electron chi connectivity index (χ2n) is 6.05. The van der Waals surface area contributed by atoms with Crippen molar-refractivity contribution in [1.29, 1.82) is 0 Å². The molecule has 0 unspecified atom stereocenters. The molecule has 3 aromatic rings. The van der Waals surface area contributed by atoms with Crippen LogP contribution < -0.4 is 5.32 Å². The van der Waals surface area contributed by atoms with Crippen LogP contribution in [0, 0.1) is 6.92 Å². The smallest absolute Gasteiger partial charge is 0.230 e. The summed E-state index contributed by atoms with van der Waals surface area (Å²) in [4.78, 5) is 12.2. The number of rotatable bonds is 7. The summed E-state index contributed by atoms with van der Waals surface area (Å²) in [5.41, 5.74) is 3.24. The highest BCUT2D eigenvalue weighted by Gasteiger charge is 2.14. The molecule has 0 saturated carbocycles. The van der Waals surface area contributed by atoms with E-state index in [1.807, 2.05) is 66.9 Å². The van der Waals surface area contributed by atoms with E-state index in [0.717, 1.165) is 28.7 Å². The molecule has 140 valence electrons. The molecule has 0 fully saturated rings. The highest BCUT2D eigenvalue weighted by molar-refractivity contribution is 7.99. The number of aromatic nitrogens is 3. The van der Waals surface area contributed by atoms with E-state index in [4.69, 9.17) is 11.6 Å². The number of hydrogen-bond donors (Lipinski definition) is 1. The van der Waals surface area contributed by atoms with Gasteiger partial charge in [-0.05, 0) is 49.2 Å². The molecule has 0 saturated heterocycles. The average Bonchev–Trinajstić information content (AvgIpc) is 3.09. The first-order valence-corrected chi connectivity index (χ1v) is 10.1. The Bertz CT molecular complexity index is 924. The maximum absolute atomic E-state index is 12.2. The molecule has 1 heterocycles. The van der Waals surface area contributed by atoms with Crippen molar-refractivity contribution in [3.8, 4) is 11.4 Å². The summed E-state index contributed by atoms with van der Waals surface area (Å²) in [6.45, 7) is 5.32. The normalized spacial score (nSPS) is 10.8. The van der Waals surface area contributed by atoms with E-state index in [1.165, 1.54) is 17.3 Å². The SMILES string of the molecule is CCn1c(SCC(=O)NCc2ccccc2C)nnc1-c1ccc(Cl)cc1. The van der Waals surface area contributed by atoms with E-state index in [2.05, 4.69) is 15.5 Å². The Labute approximate surface area is 168 Å². The lowest BCUT2D eigenvalue weighted by atomic mass is 10.1. The lowest BCUT2D eigenvalue weighted by Crippen LogP contribution is -2.25. The third-order valence-corrected chi connectivity index (χ3v) is 5.42. The van der Waals surface area contributed by atoms with Crippen LogP contribution in [0.1, 0.15) is 18.1 Å². The van der Waals surface area contributed by atoms with Crippen LogP contribution in [0.5, 0.6) is 0 Å². The summed E-state index contributed by atoms with van der Waals surface area (Å²) in [5.74, 6) is 1.05. The third-order valence-electron chi connectivity index (χ3n) is 4.21. The fourth-order valence-corrected chi connectivity index (χ4v) is 3.63. The molecule has 1 amide bonds. The number of halogens is 1. The summed E-state index contributed by atoms with van der Waals surface area (Å²) in [6.07, 6.45) is 0. The first-order valence-electron chi connectivity index (χ1n) is 8.71. The first kappa shape index (κ1) is 19.5. The van der Waals surface area contributed by atoms with Gasteiger partial charge in [-0.1, -0.05) is 47.6 Å². The molecule has 0 radical (unpaired) electrons. The number of carbonyl (C=O) groups excluding carboxylic acids is 1. The van der Waals surface area contributed by atoms with Gasteiger partial charge in [0.1, 0.15) is 0 Å². The van der Waals surface area contributed by atoms with Gasteiger partial charge in [0.25, 0.3) is 0 Å². The monoisotopic (exact) mass is 400 g/mol. The van der Waals surface area contributed by atoms with Gasteiger partial charge in [-0.2, -0.15) is 0 Å². The van der Waals surface area contributed by atoms with Crippen molar-refractivity contribution in [1.82, 2.24) is 20.1 Å². The van der Waals surface area contributed by atoms with Gasteiger partial charge in [0.05, 0.1) is 5.75 Å². The minimum atomic E-state index is -0.0260. The number of benzene rings is 2. The number of amides is 1. The molecule has 0 atom stereocenters. The Morgan fingerprint density at radius 2 is 1.89 bits per heavy atom. The molecule has 0 aliphatic rings. The molecule has 27 heavy (non-hydrogen) atoms. The molecule has 2 aromatic carbocycles. The van der Waals surface area contributed by atoms with E-state index in [1.54, 1.807) is 0 Å². The van der Waals surface area contributed by atoms with Crippen LogP contribution in [0.4, 0.5) is 0 Å². The average molecular weight is 401 g/mol. The Hall–Kier alpha value is -2.31. The molecule has 1 aromatic heterocycles. The minimum Gasteiger partial charge on any atom is -0.351 e. The van der Waals surface area contributed by atoms with Crippen molar-refractivity contribution >= 4 is 29.3 Å². The first-order chi connectivity index (χ1) is 13.1. The molecule has 7 heteroatoms. The fourth-order valence-electron chi connectivity index (χ4n) is 2.68. The Morgan fingerprint density at radius 1 is 1.15 bits per heavy atom. The van der Waals surface area contributed by atoms with Crippen LogP contribution >= 0.6 is 23.4 Å². The second-order valence-corrected chi connectivity index (χ2v) is 7.43. The standard InChI is InChI=1S/C20H21ClN4OS/c1-3-25-19(15-8-10-17(21)11-9-15)23-24-20(25)27-13-18(26)22-12-16-7-5-4-6-14(16)2/h4-11H,3,12-13H2,1-2H3,(H,22,26). The number of nitrogens with one attached hydrogen (secondary N) is 1. The molecular formula is C20H21ClN4OS. The third kappa shape index (κ3) is 4.90. The number of aryl methyl sites for hydroxylation is 1. The van der Waals surface area contributed by atoms with Gasteiger partial charge in [-0.3, -0.25) is 4.79 Å². The summed E-state index contributed by atoms with van der Waals surface area (Å²) in [5, 5.41) is 12.9. The number of nitrogens with zero attached hydrogens (tertiary/aromatic N) is 3. The van der Waals surface area contributed by atoms with Crippen LogP contribution in [-0.4, -0.2) is 26.4 Å². The van der Waals surface area contributed by atoms with Crippen molar-refractivity contribution in [2.75, 3.05) is 5.75 Å². The summed E-state index contributed by atoms with van der Waals surface area (Å²) >= 11 is 7.34. The van der Waals surface area contributed by atoms with Crippen molar-refractivity contribution in [3.05, 3.63) is 64.7 Å². The van der Waals surface area contributed by atoms with Gasteiger partial charge in [0.2, 0.25) is 5.91 Å². The van der Waals surface area contributed by atoms with Gasteiger partial charge < -0.3 is 9.88 Å². The van der Waals surface area contributed by atoms with Crippen molar-refractivity contribution < 1.29 is 4.79 Å². The van der Waals surface area contributed by atoms with Crippen LogP contribution in [-0.2, 0) is 17.9 Å². The van der Waals surface area contributed by atoms with Crippen LogP contribution in [0.2, 0.25) is 5.02 Å². The number of hydrogen-bond acceptors (Lipinski definition) is 4. The van der Waals surface area contributed by atoms with Gasteiger partial charge in [-0.25, -0.2) is 0 Å². The molecule has 1 N–H and O–H groups in total. The van der Waals surface area contributed by atoms with Crippen molar-refractivity contribution in [2.24, 2.45) is 0 Å². The molecule has 0 aliphatic carbocycles. The molecule has 5 nitrogen and oxygen atoms in total. The van der Waals surface area contributed by atoms with Gasteiger partial charge in [0, 0.05) is 23.7 Å². The van der Waals surface area contributed by atoms with E-state index in [-0.39, 0.29) is 5.91 Å². The fraction of sp³-hybridized carbons (Fsp3) is 0.250. The summed E-state index contributed by atoms with van der Waals surface area (Å²) in [7, 11) is 0. The maximum atomic E-state index is 12.2. The molecule has 0 spiro atoms. The number of thioether (sulfide) groups is 1. The Morgan fingerprint density at radius 3 is 2.59 bits per heavy atom. The topological polar surface area (TPSA) is 59.8 Å². The molecule has 0 aliphatic heterocycles. The lowest BCUT2D eigenvalue weighted by molar-refractivity contribution is -0.118. The zero-order valence-electron chi connectivity index (χ0n) is 15.3. The largest absolute Gasteiger partial charge is 0.351 e. The Balaban J connectivity index is 1.61. The molecule has 3 rings (SSSR count). The van der Waals surface area contributed by atoms with Gasteiger partial charge in [0.15, 0.2) is 11.0 Å². The van der Waals surface area contributed by atoms with E-state index in [0.29, 0.717) is 17.3 Å². The summed E-state index contributed by atoms with van der Waals surface area (Å²) < 4.78 is 2.00.